The molecule has 1 aliphatic rings. The monoisotopic (exact) mass is 331 g/mol. The molecule has 0 fully saturated rings. The molecule has 0 unspecified atom stereocenters. The van der Waals surface area contributed by atoms with Crippen molar-refractivity contribution in [1.82, 2.24) is 4.31 Å². The van der Waals surface area contributed by atoms with Crippen LogP contribution in [0, 0.1) is 0 Å². The molecule has 1 aromatic rings. The summed E-state index contributed by atoms with van der Waals surface area (Å²) in [7, 11) is -1.08. The number of amides is 1. The number of methoxy groups -OCH3 is 2. The zero-order valence-electron chi connectivity index (χ0n) is 12.5. The van der Waals surface area contributed by atoms with Gasteiger partial charge in [-0.2, -0.15) is 0 Å². The van der Waals surface area contributed by atoms with E-state index >= 15 is 0 Å². The van der Waals surface area contributed by atoms with Crippen LogP contribution in [0.3, 0.4) is 0 Å². The molecule has 0 radical (unpaired) electrons. The van der Waals surface area contributed by atoms with Gasteiger partial charge < -0.3 is 9.47 Å². The summed E-state index contributed by atoms with van der Waals surface area (Å²) < 4.78 is 48.0. The summed E-state index contributed by atoms with van der Waals surface area (Å²) >= 11 is 0. The Hall–Kier alpha value is -1.83. The first-order valence-corrected chi connectivity index (χ1v) is 8.30. The highest BCUT2D eigenvalue weighted by Crippen LogP contribution is 2.38. The Bertz CT molecular complexity index is 674. The van der Waals surface area contributed by atoms with Gasteiger partial charge >= 0.3 is 0 Å². The van der Waals surface area contributed by atoms with Gasteiger partial charge in [0.25, 0.3) is 15.9 Å². The number of ether oxygens (including phenoxy) is 2. The Kier molecular flexibility index (Phi) is 4.90. The summed E-state index contributed by atoms with van der Waals surface area (Å²) in [6.45, 7) is -0.407. The van der Waals surface area contributed by atoms with Crippen LogP contribution in [0.2, 0.25) is 0 Å². The Morgan fingerprint density at radius 2 is 1.73 bits per heavy atom. The third-order valence-corrected chi connectivity index (χ3v) is 5.33. The quantitative estimate of drug-likeness (QED) is 0.715. The van der Waals surface area contributed by atoms with Crippen molar-refractivity contribution < 1.29 is 27.1 Å². The number of unbranched alkanes of at least 4 members (excludes halogenated alkanes) is 2. The number of carbonyl (C=O) groups is 1. The highest BCUT2D eigenvalue weighted by Gasteiger charge is 2.41. The molecule has 0 saturated heterocycles. The molecule has 8 heteroatoms. The van der Waals surface area contributed by atoms with E-state index in [4.69, 9.17) is 9.47 Å². The van der Waals surface area contributed by atoms with E-state index < -0.39 is 22.6 Å². The van der Waals surface area contributed by atoms with E-state index in [9.17, 15) is 17.6 Å². The molecular formula is C14H18FNO5S. The lowest BCUT2D eigenvalue weighted by atomic mass is 10.1. The average molecular weight is 331 g/mol. The zero-order chi connectivity index (χ0) is 16.3. The molecule has 22 heavy (non-hydrogen) atoms. The van der Waals surface area contributed by atoms with Crippen molar-refractivity contribution in [1.29, 1.82) is 0 Å². The minimum atomic E-state index is -3.89. The summed E-state index contributed by atoms with van der Waals surface area (Å²) in [6, 6.07) is 2.67. The number of rotatable bonds is 7. The number of fused-ring (bicyclic) bond motifs is 1. The fourth-order valence-corrected chi connectivity index (χ4v) is 3.96. The topological polar surface area (TPSA) is 72.9 Å². The number of hydrogen-bond acceptors (Lipinski definition) is 5. The number of alkyl halides is 1. The van der Waals surface area contributed by atoms with Gasteiger partial charge in [-0.15, -0.1) is 0 Å². The molecule has 0 saturated carbocycles. The van der Waals surface area contributed by atoms with Crippen LogP contribution >= 0.6 is 0 Å². The number of benzene rings is 1. The van der Waals surface area contributed by atoms with Gasteiger partial charge in [-0.1, -0.05) is 0 Å². The van der Waals surface area contributed by atoms with Crippen LogP contribution in [0.4, 0.5) is 4.39 Å². The van der Waals surface area contributed by atoms with Crippen LogP contribution in [-0.2, 0) is 10.0 Å². The molecule has 0 bridgehead atoms. The molecule has 0 N–H and O–H groups in total. The molecule has 0 aromatic heterocycles. The predicted octanol–water partition coefficient (Wildman–Crippen LogP) is 1.99. The van der Waals surface area contributed by atoms with Crippen LogP contribution in [0.1, 0.15) is 29.6 Å². The van der Waals surface area contributed by atoms with Gasteiger partial charge in [0.05, 0.1) is 26.5 Å². The molecule has 1 heterocycles. The Balaban J connectivity index is 2.34. The van der Waals surface area contributed by atoms with Crippen molar-refractivity contribution >= 4 is 15.9 Å². The third-order valence-electron chi connectivity index (χ3n) is 3.51. The maximum atomic E-state index is 12.5. The molecule has 6 nitrogen and oxygen atoms in total. The molecule has 1 amide bonds. The van der Waals surface area contributed by atoms with Crippen LogP contribution in [0.5, 0.6) is 11.5 Å². The van der Waals surface area contributed by atoms with Crippen LogP contribution < -0.4 is 9.47 Å². The summed E-state index contributed by atoms with van der Waals surface area (Å²) in [6.07, 6.45) is 1.31. The molecule has 0 spiro atoms. The fraction of sp³-hybridized carbons (Fsp3) is 0.500. The van der Waals surface area contributed by atoms with Crippen molar-refractivity contribution in [2.24, 2.45) is 0 Å². The molecule has 122 valence electrons. The van der Waals surface area contributed by atoms with Crippen LogP contribution in [-0.4, -0.2) is 46.1 Å². The maximum Gasteiger partial charge on any atom is 0.269 e. The van der Waals surface area contributed by atoms with E-state index in [1.807, 2.05) is 0 Å². The smallest absolute Gasteiger partial charge is 0.269 e. The van der Waals surface area contributed by atoms with E-state index in [0.29, 0.717) is 25.0 Å². The van der Waals surface area contributed by atoms with Gasteiger partial charge in [-0.25, -0.2) is 12.7 Å². The SMILES string of the molecule is COc1cc2c(cc1OC)S(=O)(=O)N(CCCCCF)C2=O. The van der Waals surface area contributed by atoms with E-state index in [-0.39, 0.29) is 22.8 Å². The number of sulfonamides is 1. The molecule has 1 aliphatic heterocycles. The lowest BCUT2D eigenvalue weighted by Crippen LogP contribution is -2.31. The minimum Gasteiger partial charge on any atom is -0.493 e. The Morgan fingerprint density at radius 3 is 2.32 bits per heavy atom. The molecule has 0 aliphatic carbocycles. The zero-order valence-corrected chi connectivity index (χ0v) is 13.3. The van der Waals surface area contributed by atoms with Crippen LogP contribution in [0.25, 0.3) is 0 Å². The molecule has 0 atom stereocenters. The first-order valence-electron chi connectivity index (χ1n) is 6.86. The molecular weight excluding hydrogens is 313 g/mol. The minimum absolute atomic E-state index is 0.0421. The number of nitrogens with zero attached hydrogens (tertiary/aromatic N) is 1. The van der Waals surface area contributed by atoms with Gasteiger partial charge in [-0.3, -0.25) is 9.18 Å². The lowest BCUT2D eigenvalue weighted by molar-refractivity contribution is 0.0869. The first kappa shape index (κ1) is 16.5. The summed E-state index contributed by atoms with van der Waals surface area (Å²) in [5, 5.41) is 0. The lowest BCUT2D eigenvalue weighted by Gasteiger charge is -2.14. The van der Waals surface area contributed by atoms with Crippen LogP contribution in [0.15, 0.2) is 17.0 Å². The van der Waals surface area contributed by atoms with E-state index in [0.717, 1.165) is 4.31 Å². The van der Waals surface area contributed by atoms with Crippen molar-refractivity contribution in [3.05, 3.63) is 17.7 Å². The fourth-order valence-electron chi connectivity index (χ4n) is 2.35. The Labute approximate surface area is 128 Å². The van der Waals surface area contributed by atoms with Gasteiger partial charge in [-0.05, 0) is 25.3 Å². The first-order chi connectivity index (χ1) is 10.5. The van der Waals surface area contributed by atoms with Gasteiger partial charge in [0.15, 0.2) is 11.5 Å². The number of halogens is 1. The third kappa shape index (κ3) is 2.75. The summed E-state index contributed by atoms with van der Waals surface area (Å²) in [5.41, 5.74) is 0.0724. The normalized spacial score (nSPS) is 15.8. The van der Waals surface area contributed by atoms with E-state index in [1.54, 1.807) is 0 Å². The van der Waals surface area contributed by atoms with Crippen molar-refractivity contribution in [3.8, 4) is 11.5 Å². The second-order valence-corrected chi connectivity index (χ2v) is 6.67. The van der Waals surface area contributed by atoms with E-state index in [2.05, 4.69) is 0 Å². The summed E-state index contributed by atoms with van der Waals surface area (Å²) in [5.74, 6) is -0.0443. The highest BCUT2D eigenvalue weighted by molar-refractivity contribution is 7.90. The Morgan fingerprint density at radius 1 is 1.09 bits per heavy atom. The molecule has 2 rings (SSSR count). The van der Waals surface area contributed by atoms with Crippen molar-refractivity contribution in [2.45, 2.75) is 24.2 Å². The number of carbonyl (C=O) groups excluding carboxylic acids is 1. The highest BCUT2D eigenvalue weighted by atomic mass is 32.2. The van der Waals surface area contributed by atoms with E-state index in [1.165, 1.54) is 26.4 Å². The molecule has 1 aromatic carbocycles. The van der Waals surface area contributed by atoms with Crippen molar-refractivity contribution in [3.63, 3.8) is 0 Å². The van der Waals surface area contributed by atoms with Crippen molar-refractivity contribution in [2.75, 3.05) is 27.4 Å². The second-order valence-electron chi connectivity index (χ2n) is 4.84. The second kappa shape index (κ2) is 6.51. The number of hydrogen-bond donors (Lipinski definition) is 0. The van der Waals surface area contributed by atoms with Gasteiger partial charge in [0, 0.05) is 12.6 Å². The largest absolute Gasteiger partial charge is 0.493 e. The summed E-state index contributed by atoms with van der Waals surface area (Å²) in [4.78, 5) is 12.2. The predicted molar refractivity (Wildman–Crippen MR) is 77.6 cm³/mol. The maximum absolute atomic E-state index is 12.5. The van der Waals surface area contributed by atoms with Gasteiger partial charge in [0.2, 0.25) is 0 Å². The van der Waals surface area contributed by atoms with Gasteiger partial charge in [0.1, 0.15) is 4.90 Å². The average Bonchev–Trinajstić information content (AvgIpc) is 2.69. The standard InChI is InChI=1S/C14H18FNO5S/c1-20-11-8-10-13(9-12(11)21-2)22(18,19)16(14(10)17)7-5-3-4-6-15/h8-9H,3-7H2,1-2H3.